The molecule has 2 heterocycles. The zero-order valence-corrected chi connectivity index (χ0v) is 15.0. The second kappa shape index (κ2) is 6.84. The monoisotopic (exact) mass is 380 g/mol. The lowest BCUT2D eigenvalue weighted by molar-refractivity contribution is -0.139. The van der Waals surface area contributed by atoms with Gasteiger partial charge in [0.25, 0.3) is 5.56 Å². The molecule has 1 aromatic heterocycles. The van der Waals surface area contributed by atoms with Gasteiger partial charge >= 0.3 is 5.97 Å². The number of hydrogen-bond acceptors (Lipinski definition) is 5. The van der Waals surface area contributed by atoms with Crippen molar-refractivity contribution in [2.45, 2.75) is 12.8 Å². The lowest BCUT2D eigenvalue weighted by atomic mass is 9.83. The number of para-hydroxylation sites is 1. The number of esters is 1. The van der Waals surface area contributed by atoms with E-state index in [1.54, 1.807) is 37.3 Å². The Kier molecular flexibility index (Phi) is 4.35. The van der Waals surface area contributed by atoms with Crippen LogP contribution in [-0.2, 0) is 9.53 Å². The molecule has 0 unspecified atom stereocenters. The average Bonchev–Trinajstić information content (AvgIpc) is 2.67. The quantitative estimate of drug-likeness (QED) is 0.682. The third-order valence-electron chi connectivity index (χ3n) is 4.64. The van der Waals surface area contributed by atoms with E-state index in [0.717, 1.165) is 0 Å². The van der Waals surface area contributed by atoms with Gasteiger partial charge in [0.05, 0.1) is 23.6 Å². The molecule has 0 saturated carbocycles. The molecule has 0 amide bonds. The van der Waals surface area contributed by atoms with Gasteiger partial charge in [-0.2, -0.15) is 0 Å². The molecule has 142 valence electrons. The standard InChI is InChI=1S/C21H17FN2O4/c1-2-27-21(26)17-15(11-6-5-7-12(22)10-11)16-18(28-19(17)23)13-8-3-4-9-14(13)24-20(16)25/h3-10,15H,2,23H2,1H3,(H,24,25)/t15-/m0/s1. The van der Waals surface area contributed by atoms with Crippen LogP contribution in [0, 0.1) is 5.82 Å². The number of nitrogens with one attached hydrogen (secondary N) is 1. The van der Waals surface area contributed by atoms with E-state index in [2.05, 4.69) is 4.98 Å². The van der Waals surface area contributed by atoms with E-state index in [9.17, 15) is 14.0 Å². The van der Waals surface area contributed by atoms with Gasteiger partial charge in [-0.1, -0.05) is 24.3 Å². The van der Waals surface area contributed by atoms with Crippen LogP contribution in [0.5, 0.6) is 5.75 Å². The first-order valence-electron chi connectivity index (χ1n) is 8.76. The van der Waals surface area contributed by atoms with Gasteiger partial charge in [-0.15, -0.1) is 0 Å². The van der Waals surface area contributed by atoms with Gasteiger partial charge in [-0.25, -0.2) is 9.18 Å². The normalized spacial score (nSPS) is 15.9. The van der Waals surface area contributed by atoms with Crippen molar-refractivity contribution in [1.29, 1.82) is 0 Å². The molecule has 4 rings (SSSR count). The highest BCUT2D eigenvalue weighted by molar-refractivity contribution is 5.95. The Hall–Kier alpha value is -3.61. The number of rotatable bonds is 3. The summed E-state index contributed by atoms with van der Waals surface area (Å²) in [7, 11) is 0. The summed E-state index contributed by atoms with van der Waals surface area (Å²) >= 11 is 0. The van der Waals surface area contributed by atoms with E-state index in [1.807, 2.05) is 0 Å². The maximum Gasteiger partial charge on any atom is 0.340 e. The number of ether oxygens (including phenoxy) is 2. The Bertz CT molecular complexity index is 1180. The van der Waals surface area contributed by atoms with Gasteiger partial charge in [0.15, 0.2) is 0 Å². The summed E-state index contributed by atoms with van der Waals surface area (Å²) in [6.07, 6.45) is 0. The van der Waals surface area contributed by atoms with E-state index >= 15 is 0 Å². The average molecular weight is 380 g/mol. The SMILES string of the molecule is CCOC(=O)C1=C(N)Oc2c(c(=O)[nH]c3ccccc23)[C@@H]1c1cccc(F)c1. The number of H-pyrrole nitrogens is 1. The maximum atomic E-state index is 13.9. The van der Waals surface area contributed by atoms with Crippen LogP contribution in [0.25, 0.3) is 10.9 Å². The van der Waals surface area contributed by atoms with Crippen molar-refractivity contribution in [3.05, 3.63) is 87.3 Å². The Morgan fingerprint density at radius 1 is 1.25 bits per heavy atom. The van der Waals surface area contributed by atoms with Crippen molar-refractivity contribution in [3.63, 3.8) is 0 Å². The topological polar surface area (TPSA) is 94.4 Å². The largest absolute Gasteiger partial charge is 0.462 e. The summed E-state index contributed by atoms with van der Waals surface area (Å²) in [5.41, 5.74) is 6.76. The summed E-state index contributed by atoms with van der Waals surface area (Å²) in [6, 6.07) is 12.8. The van der Waals surface area contributed by atoms with Crippen molar-refractivity contribution < 1.29 is 18.7 Å². The molecule has 0 bridgehead atoms. The van der Waals surface area contributed by atoms with Crippen LogP contribution in [0.3, 0.4) is 0 Å². The number of pyridine rings is 1. The van der Waals surface area contributed by atoms with Crippen molar-refractivity contribution in [2.75, 3.05) is 6.61 Å². The fourth-order valence-corrected chi connectivity index (χ4v) is 3.50. The number of fused-ring (bicyclic) bond motifs is 3. The molecule has 0 spiro atoms. The zero-order chi connectivity index (χ0) is 19.8. The Morgan fingerprint density at radius 3 is 2.79 bits per heavy atom. The molecule has 0 fully saturated rings. The number of aromatic amines is 1. The lowest BCUT2D eigenvalue weighted by Crippen LogP contribution is -2.32. The molecule has 6 nitrogen and oxygen atoms in total. The molecule has 7 heteroatoms. The van der Waals surface area contributed by atoms with Crippen molar-refractivity contribution in [3.8, 4) is 5.75 Å². The molecular weight excluding hydrogens is 363 g/mol. The predicted molar refractivity (Wildman–Crippen MR) is 101 cm³/mol. The molecule has 0 saturated heterocycles. The number of aromatic nitrogens is 1. The molecule has 1 atom stereocenters. The Morgan fingerprint density at radius 2 is 2.04 bits per heavy atom. The van der Waals surface area contributed by atoms with Gasteiger partial charge in [-0.3, -0.25) is 4.79 Å². The van der Waals surface area contributed by atoms with Crippen LogP contribution in [0.15, 0.2) is 64.8 Å². The molecule has 2 aromatic carbocycles. The highest BCUT2D eigenvalue weighted by Gasteiger charge is 2.38. The molecule has 0 radical (unpaired) electrons. The molecule has 1 aliphatic rings. The van der Waals surface area contributed by atoms with Gasteiger partial charge in [-0.05, 0) is 36.8 Å². The summed E-state index contributed by atoms with van der Waals surface area (Å²) < 4.78 is 24.8. The highest BCUT2D eigenvalue weighted by atomic mass is 19.1. The summed E-state index contributed by atoms with van der Waals surface area (Å²) in [5.74, 6) is -2.06. The lowest BCUT2D eigenvalue weighted by Gasteiger charge is -2.28. The number of hydrogen-bond donors (Lipinski definition) is 2. The second-order valence-electron chi connectivity index (χ2n) is 6.33. The molecular formula is C21H17FN2O4. The van der Waals surface area contributed by atoms with E-state index in [0.29, 0.717) is 16.5 Å². The molecule has 3 aromatic rings. The van der Waals surface area contributed by atoms with Crippen molar-refractivity contribution >= 4 is 16.9 Å². The Balaban J connectivity index is 2.05. The number of halogens is 1. The number of benzene rings is 2. The summed E-state index contributed by atoms with van der Waals surface area (Å²) in [5, 5.41) is 0.629. The first-order chi connectivity index (χ1) is 13.5. The van der Waals surface area contributed by atoms with E-state index in [-0.39, 0.29) is 29.4 Å². The van der Waals surface area contributed by atoms with Gasteiger partial charge in [0.2, 0.25) is 5.88 Å². The molecule has 28 heavy (non-hydrogen) atoms. The van der Waals surface area contributed by atoms with Crippen LogP contribution in [0.1, 0.15) is 24.0 Å². The highest BCUT2D eigenvalue weighted by Crippen LogP contribution is 2.43. The number of carbonyl (C=O) groups is 1. The molecule has 0 aliphatic carbocycles. The summed E-state index contributed by atoms with van der Waals surface area (Å²) in [4.78, 5) is 28.3. The van der Waals surface area contributed by atoms with Gasteiger partial charge in [0, 0.05) is 5.39 Å². The Labute approximate surface area is 159 Å². The molecule has 1 aliphatic heterocycles. The fourth-order valence-electron chi connectivity index (χ4n) is 3.50. The first-order valence-corrected chi connectivity index (χ1v) is 8.76. The number of carbonyl (C=O) groups excluding carboxylic acids is 1. The second-order valence-corrected chi connectivity index (χ2v) is 6.33. The fraction of sp³-hybridized carbons (Fsp3) is 0.143. The van der Waals surface area contributed by atoms with Crippen LogP contribution >= 0.6 is 0 Å². The van der Waals surface area contributed by atoms with Crippen LogP contribution in [0.2, 0.25) is 0 Å². The minimum atomic E-state index is -0.924. The maximum absolute atomic E-state index is 13.9. The zero-order valence-electron chi connectivity index (χ0n) is 15.0. The third kappa shape index (κ3) is 2.81. The number of nitrogens with two attached hydrogens (primary N) is 1. The van der Waals surface area contributed by atoms with E-state index in [4.69, 9.17) is 15.2 Å². The summed E-state index contributed by atoms with van der Waals surface area (Å²) in [6.45, 7) is 1.77. The first kappa shape index (κ1) is 17.8. The van der Waals surface area contributed by atoms with E-state index < -0.39 is 23.3 Å². The van der Waals surface area contributed by atoms with Crippen molar-refractivity contribution in [2.24, 2.45) is 5.73 Å². The van der Waals surface area contributed by atoms with Crippen LogP contribution in [0.4, 0.5) is 4.39 Å². The smallest absolute Gasteiger partial charge is 0.340 e. The van der Waals surface area contributed by atoms with E-state index in [1.165, 1.54) is 18.2 Å². The molecule has 3 N–H and O–H groups in total. The minimum Gasteiger partial charge on any atom is -0.462 e. The van der Waals surface area contributed by atoms with Crippen LogP contribution < -0.4 is 16.0 Å². The van der Waals surface area contributed by atoms with Gasteiger partial charge < -0.3 is 20.2 Å². The van der Waals surface area contributed by atoms with Crippen LogP contribution in [-0.4, -0.2) is 17.6 Å². The van der Waals surface area contributed by atoms with Gasteiger partial charge in [0.1, 0.15) is 17.1 Å². The predicted octanol–water partition coefficient (Wildman–Crippen LogP) is 2.92. The third-order valence-corrected chi connectivity index (χ3v) is 4.64. The van der Waals surface area contributed by atoms with Crippen molar-refractivity contribution in [1.82, 2.24) is 4.98 Å². The minimum absolute atomic E-state index is 0.0271.